The van der Waals surface area contributed by atoms with E-state index in [9.17, 15) is 9.59 Å². The molecule has 2 aromatic rings. The van der Waals surface area contributed by atoms with E-state index in [1.807, 2.05) is 30.5 Å². The van der Waals surface area contributed by atoms with E-state index in [2.05, 4.69) is 10.3 Å². The molecule has 7 heteroatoms. The lowest BCUT2D eigenvalue weighted by Crippen LogP contribution is -2.34. The summed E-state index contributed by atoms with van der Waals surface area (Å²) < 4.78 is -0.796. The van der Waals surface area contributed by atoms with Gasteiger partial charge in [0.25, 0.3) is 5.91 Å². The molecule has 1 aromatic heterocycles. The van der Waals surface area contributed by atoms with E-state index in [0.29, 0.717) is 12.8 Å². The van der Waals surface area contributed by atoms with E-state index in [1.54, 1.807) is 0 Å². The summed E-state index contributed by atoms with van der Waals surface area (Å²) in [6, 6.07) is 6.98. The predicted molar refractivity (Wildman–Crippen MR) is 88.6 cm³/mol. The molecule has 5 nitrogen and oxygen atoms in total. The van der Waals surface area contributed by atoms with Crippen molar-refractivity contribution in [2.75, 3.05) is 6.54 Å². The van der Waals surface area contributed by atoms with Gasteiger partial charge in [-0.3, -0.25) is 9.69 Å². The SMILES string of the molecule is O=C1N[C@H](Cc2c[nH]c3ccccc23)C(=O)N1C[C@@H]1CC1(Cl)Cl. The smallest absolute Gasteiger partial charge is 0.324 e. The molecule has 23 heavy (non-hydrogen) atoms. The Morgan fingerprint density at radius 1 is 1.26 bits per heavy atom. The molecule has 3 amide bonds. The molecule has 1 aliphatic carbocycles. The predicted octanol–water partition coefficient (Wildman–Crippen LogP) is 2.82. The average Bonchev–Trinajstić information content (AvgIpc) is 2.83. The van der Waals surface area contributed by atoms with Gasteiger partial charge < -0.3 is 10.3 Å². The Morgan fingerprint density at radius 2 is 2.00 bits per heavy atom. The van der Waals surface area contributed by atoms with Crippen molar-refractivity contribution < 1.29 is 9.59 Å². The molecule has 0 radical (unpaired) electrons. The number of H-pyrrole nitrogens is 1. The van der Waals surface area contributed by atoms with E-state index in [0.717, 1.165) is 16.5 Å². The summed E-state index contributed by atoms with van der Waals surface area (Å²) in [5.41, 5.74) is 2.03. The second-order valence-corrected chi connectivity index (χ2v) is 7.72. The molecule has 1 aliphatic heterocycles. The number of nitrogens with one attached hydrogen (secondary N) is 2. The van der Waals surface area contributed by atoms with Gasteiger partial charge in [-0.05, 0) is 18.1 Å². The van der Waals surface area contributed by atoms with Crippen molar-refractivity contribution in [1.82, 2.24) is 15.2 Å². The number of alkyl halides is 2. The first kappa shape index (κ1) is 14.8. The number of hydrogen-bond acceptors (Lipinski definition) is 2. The van der Waals surface area contributed by atoms with E-state index in [1.165, 1.54) is 4.90 Å². The summed E-state index contributed by atoms with van der Waals surface area (Å²) in [5, 5.41) is 3.82. The third-order valence-electron chi connectivity index (χ3n) is 4.56. The van der Waals surface area contributed by atoms with E-state index >= 15 is 0 Å². The minimum absolute atomic E-state index is 0.0348. The number of rotatable bonds is 4. The summed E-state index contributed by atoms with van der Waals surface area (Å²) in [7, 11) is 0. The fourth-order valence-corrected chi connectivity index (χ4v) is 3.61. The number of urea groups is 1. The number of para-hydroxylation sites is 1. The molecule has 2 heterocycles. The summed E-state index contributed by atoms with van der Waals surface area (Å²) in [5.74, 6) is -0.247. The molecule has 1 saturated carbocycles. The third kappa shape index (κ3) is 2.58. The standard InChI is InChI=1S/C16H15Cl2N3O2/c17-16(18)6-10(16)8-21-14(22)13(20-15(21)23)5-9-7-19-12-4-2-1-3-11(9)12/h1-4,7,10,13,19H,5-6,8H2,(H,20,23)/t10-,13+/m0/s1. The Morgan fingerprint density at radius 3 is 2.74 bits per heavy atom. The number of aromatic amines is 1. The van der Waals surface area contributed by atoms with Crippen LogP contribution in [0.2, 0.25) is 0 Å². The second kappa shape index (κ2) is 5.14. The number of amides is 3. The van der Waals surface area contributed by atoms with Crippen molar-refractivity contribution >= 4 is 46.0 Å². The van der Waals surface area contributed by atoms with Gasteiger partial charge in [0.05, 0.1) is 0 Å². The summed E-state index contributed by atoms with van der Waals surface area (Å²) in [6.45, 7) is 0.280. The first-order valence-corrected chi connectivity index (χ1v) is 8.26. The highest BCUT2D eigenvalue weighted by Crippen LogP contribution is 2.53. The lowest BCUT2D eigenvalue weighted by molar-refractivity contribution is -0.127. The van der Waals surface area contributed by atoms with Gasteiger partial charge in [-0.15, -0.1) is 23.2 Å². The molecule has 2 aliphatic rings. The van der Waals surface area contributed by atoms with Gasteiger partial charge in [0.2, 0.25) is 0 Å². The van der Waals surface area contributed by atoms with Crippen LogP contribution in [0.5, 0.6) is 0 Å². The normalized spacial score (nSPS) is 25.9. The highest BCUT2D eigenvalue weighted by atomic mass is 35.5. The van der Waals surface area contributed by atoms with Crippen LogP contribution in [0.25, 0.3) is 10.9 Å². The number of carbonyl (C=O) groups excluding carboxylic acids is 2. The minimum atomic E-state index is -0.796. The first-order chi connectivity index (χ1) is 11.0. The van der Waals surface area contributed by atoms with Gasteiger partial charge in [0.15, 0.2) is 0 Å². The molecule has 0 unspecified atom stereocenters. The number of benzene rings is 1. The van der Waals surface area contributed by atoms with Crippen LogP contribution in [0.3, 0.4) is 0 Å². The minimum Gasteiger partial charge on any atom is -0.361 e. The summed E-state index contributed by atoms with van der Waals surface area (Å²) >= 11 is 12.0. The maximum atomic E-state index is 12.5. The molecular formula is C16H15Cl2N3O2. The monoisotopic (exact) mass is 351 g/mol. The molecule has 0 spiro atoms. The number of imide groups is 1. The zero-order valence-electron chi connectivity index (χ0n) is 12.2. The van der Waals surface area contributed by atoms with Gasteiger partial charge in [0, 0.05) is 36.0 Å². The Kier molecular flexibility index (Phi) is 3.32. The molecule has 0 bridgehead atoms. The fraction of sp³-hybridized carbons (Fsp3) is 0.375. The van der Waals surface area contributed by atoms with Gasteiger partial charge in [-0.25, -0.2) is 4.79 Å². The van der Waals surface area contributed by atoms with E-state index in [-0.39, 0.29) is 24.4 Å². The van der Waals surface area contributed by atoms with Crippen molar-refractivity contribution in [3.63, 3.8) is 0 Å². The first-order valence-electron chi connectivity index (χ1n) is 7.50. The zero-order valence-corrected chi connectivity index (χ0v) is 13.7. The van der Waals surface area contributed by atoms with Crippen LogP contribution in [0.4, 0.5) is 4.79 Å². The number of aromatic nitrogens is 1. The van der Waals surface area contributed by atoms with Gasteiger partial charge in [-0.1, -0.05) is 18.2 Å². The average molecular weight is 352 g/mol. The van der Waals surface area contributed by atoms with Crippen LogP contribution in [-0.4, -0.2) is 38.7 Å². The topological polar surface area (TPSA) is 65.2 Å². The number of halogens is 2. The van der Waals surface area contributed by atoms with Crippen molar-refractivity contribution in [3.05, 3.63) is 36.0 Å². The highest BCUT2D eigenvalue weighted by Gasteiger charge is 2.54. The molecule has 2 fully saturated rings. The number of fused-ring (bicyclic) bond motifs is 1. The summed E-state index contributed by atoms with van der Waals surface area (Å²) in [4.78, 5) is 29.0. The van der Waals surface area contributed by atoms with Crippen molar-refractivity contribution in [2.24, 2.45) is 5.92 Å². The van der Waals surface area contributed by atoms with E-state index in [4.69, 9.17) is 23.2 Å². The maximum absolute atomic E-state index is 12.5. The second-order valence-electron chi connectivity index (χ2n) is 6.18. The Balaban J connectivity index is 1.50. The van der Waals surface area contributed by atoms with Crippen LogP contribution in [0.15, 0.2) is 30.5 Å². The highest BCUT2D eigenvalue weighted by molar-refractivity contribution is 6.50. The van der Waals surface area contributed by atoms with E-state index < -0.39 is 10.4 Å². The number of nitrogens with zero attached hydrogens (tertiary/aromatic N) is 1. The summed E-state index contributed by atoms with van der Waals surface area (Å²) in [6.07, 6.45) is 2.96. The molecule has 2 atom stereocenters. The van der Waals surface area contributed by atoms with Gasteiger partial charge in [-0.2, -0.15) is 0 Å². The number of carbonyl (C=O) groups is 2. The molecule has 1 aromatic carbocycles. The van der Waals surface area contributed by atoms with Crippen molar-refractivity contribution in [1.29, 1.82) is 0 Å². The van der Waals surface area contributed by atoms with Crippen molar-refractivity contribution in [2.45, 2.75) is 23.2 Å². The molecule has 4 rings (SSSR count). The van der Waals surface area contributed by atoms with Crippen LogP contribution in [0.1, 0.15) is 12.0 Å². The lowest BCUT2D eigenvalue weighted by Gasteiger charge is -2.13. The molecule has 2 N–H and O–H groups in total. The molecule has 1 saturated heterocycles. The van der Waals surface area contributed by atoms with Gasteiger partial charge in [0.1, 0.15) is 10.4 Å². The quantitative estimate of drug-likeness (QED) is 0.657. The maximum Gasteiger partial charge on any atom is 0.324 e. The molecular weight excluding hydrogens is 337 g/mol. The van der Waals surface area contributed by atoms with Crippen LogP contribution in [-0.2, 0) is 11.2 Å². The Bertz CT molecular complexity index is 801. The van der Waals surface area contributed by atoms with Crippen LogP contribution >= 0.6 is 23.2 Å². The largest absolute Gasteiger partial charge is 0.361 e. The lowest BCUT2D eigenvalue weighted by atomic mass is 10.1. The Hall–Kier alpha value is -1.72. The van der Waals surface area contributed by atoms with Crippen molar-refractivity contribution in [3.8, 4) is 0 Å². The Labute approximate surface area is 142 Å². The fourth-order valence-electron chi connectivity index (χ4n) is 3.10. The third-order valence-corrected chi connectivity index (χ3v) is 5.49. The van der Waals surface area contributed by atoms with Crippen LogP contribution in [0, 0.1) is 5.92 Å². The zero-order chi connectivity index (χ0) is 16.2. The van der Waals surface area contributed by atoms with Crippen LogP contribution < -0.4 is 5.32 Å². The molecule has 120 valence electrons. The van der Waals surface area contributed by atoms with Gasteiger partial charge >= 0.3 is 6.03 Å². The number of hydrogen-bond donors (Lipinski definition) is 2.